The van der Waals surface area contributed by atoms with Crippen molar-refractivity contribution in [3.63, 3.8) is 0 Å². The molecule has 0 fully saturated rings. The van der Waals surface area contributed by atoms with Crippen LogP contribution in [0.2, 0.25) is 0 Å². The highest BCUT2D eigenvalue weighted by molar-refractivity contribution is 5.67. The first-order valence-electron chi connectivity index (χ1n) is 5.63. The molecule has 0 aliphatic carbocycles. The van der Waals surface area contributed by atoms with E-state index in [4.69, 9.17) is 20.3 Å². The highest BCUT2D eigenvalue weighted by Crippen LogP contribution is 2.33. The predicted octanol–water partition coefficient (Wildman–Crippen LogP) is 0.293. The SMILES string of the molecule is NC(CC(=O)O)C(O)c1ccc2c(c1)OCCO2. The van der Waals surface area contributed by atoms with Crippen molar-refractivity contribution in [2.45, 2.75) is 18.6 Å². The Labute approximate surface area is 104 Å². The van der Waals surface area contributed by atoms with E-state index < -0.39 is 18.1 Å². The van der Waals surface area contributed by atoms with Gasteiger partial charge in [0.05, 0.1) is 12.5 Å². The Kier molecular flexibility index (Phi) is 3.69. The first kappa shape index (κ1) is 12.7. The molecule has 0 saturated heterocycles. The fourth-order valence-corrected chi connectivity index (χ4v) is 1.80. The monoisotopic (exact) mass is 253 g/mol. The van der Waals surface area contributed by atoms with Gasteiger partial charge in [-0.05, 0) is 17.7 Å². The van der Waals surface area contributed by atoms with Gasteiger partial charge in [-0.3, -0.25) is 4.79 Å². The van der Waals surface area contributed by atoms with E-state index in [9.17, 15) is 9.90 Å². The van der Waals surface area contributed by atoms with Gasteiger partial charge in [-0.25, -0.2) is 0 Å². The van der Waals surface area contributed by atoms with E-state index in [-0.39, 0.29) is 6.42 Å². The lowest BCUT2D eigenvalue weighted by Crippen LogP contribution is -2.31. The molecular formula is C12H15NO5. The van der Waals surface area contributed by atoms with Gasteiger partial charge in [-0.15, -0.1) is 0 Å². The highest BCUT2D eigenvalue weighted by Gasteiger charge is 2.22. The number of aliphatic hydroxyl groups is 1. The third kappa shape index (κ3) is 2.72. The smallest absolute Gasteiger partial charge is 0.305 e. The second-order valence-electron chi connectivity index (χ2n) is 4.11. The van der Waals surface area contributed by atoms with Crippen LogP contribution in [0.4, 0.5) is 0 Å². The zero-order valence-electron chi connectivity index (χ0n) is 9.70. The Morgan fingerprint density at radius 1 is 1.33 bits per heavy atom. The van der Waals surface area contributed by atoms with Crippen LogP contribution in [-0.2, 0) is 4.79 Å². The number of ether oxygens (including phenoxy) is 2. The van der Waals surface area contributed by atoms with Crippen molar-refractivity contribution in [2.75, 3.05) is 13.2 Å². The molecule has 6 nitrogen and oxygen atoms in total. The second kappa shape index (κ2) is 5.24. The zero-order valence-corrected chi connectivity index (χ0v) is 9.70. The molecule has 0 bridgehead atoms. The number of aliphatic carboxylic acids is 1. The molecule has 2 rings (SSSR count). The molecule has 2 unspecified atom stereocenters. The van der Waals surface area contributed by atoms with Gasteiger partial charge in [0.1, 0.15) is 13.2 Å². The average molecular weight is 253 g/mol. The third-order valence-corrected chi connectivity index (χ3v) is 2.72. The summed E-state index contributed by atoms with van der Waals surface area (Å²) in [6, 6.07) is 4.10. The molecule has 0 aromatic heterocycles. The van der Waals surface area contributed by atoms with Crippen molar-refractivity contribution in [1.82, 2.24) is 0 Å². The fraction of sp³-hybridized carbons (Fsp3) is 0.417. The normalized spacial score (nSPS) is 17.0. The van der Waals surface area contributed by atoms with Crippen molar-refractivity contribution >= 4 is 5.97 Å². The molecule has 0 saturated carbocycles. The minimum Gasteiger partial charge on any atom is -0.486 e. The van der Waals surface area contributed by atoms with Crippen LogP contribution in [0.3, 0.4) is 0 Å². The standard InChI is InChI=1S/C12H15NO5/c13-8(6-11(14)15)12(16)7-1-2-9-10(5-7)18-4-3-17-9/h1-2,5,8,12,16H,3-4,6,13H2,(H,14,15). The summed E-state index contributed by atoms with van der Waals surface area (Å²) in [5.74, 6) is 0.114. The molecule has 1 heterocycles. The predicted molar refractivity (Wildman–Crippen MR) is 62.6 cm³/mol. The lowest BCUT2D eigenvalue weighted by molar-refractivity contribution is -0.138. The van der Waals surface area contributed by atoms with E-state index in [1.807, 2.05) is 0 Å². The minimum atomic E-state index is -1.04. The van der Waals surface area contributed by atoms with Crippen LogP contribution in [0.25, 0.3) is 0 Å². The summed E-state index contributed by atoms with van der Waals surface area (Å²) in [6.45, 7) is 0.946. The largest absolute Gasteiger partial charge is 0.486 e. The number of carbonyl (C=O) groups is 1. The lowest BCUT2D eigenvalue weighted by Gasteiger charge is -2.22. The number of fused-ring (bicyclic) bond motifs is 1. The number of nitrogens with two attached hydrogens (primary N) is 1. The number of hydrogen-bond acceptors (Lipinski definition) is 5. The van der Waals surface area contributed by atoms with Crippen LogP contribution in [0.1, 0.15) is 18.1 Å². The van der Waals surface area contributed by atoms with Gasteiger partial charge in [0, 0.05) is 6.04 Å². The molecule has 2 atom stereocenters. The van der Waals surface area contributed by atoms with Gasteiger partial charge >= 0.3 is 5.97 Å². The molecule has 18 heavy (non-hydrogen) atoms. The molecule has 1 aliphatic heterocycles. The van der Waals surface area contributed by atoms with Crippen LogP contribution in [-0.4, -0.2) is 35.4 Å². The van der Waals surface area contributed by atoms with Crippen molar-refractivity contribution in [1.29, 1.82) is 0 Å². The molecule has 0 radical (unpaired) electrons. The van der Waals surface area contributed by atoms with Crippen LogP contribution in [0.15, 0.2) is 18.2 Å². The molecule has 6 heteroatoms. The summed E-state index contributed by atoms with van der Waals surface area (Å²) < 4.78 is 10.7. The second-order valence-corrected chi connectivity index (χ2v) is 4.11. The van der Waals surface area contributed by atoms with Crippen LogP contribution in [0.5, 0.6) is 11.5 Å². The van der Waals surface area contributed by atoms with E-state index in [0.29, 0.717) is 30.3 Å². The van der Waals surface area contributed by atoms with E-state index in [1.165, 1.54) is 0 Å². The zero-order chi connectivity index (χ0) is 13.1. The van der Waals surface area contributed by atoms with Crippen molar-refractivity contribution in [3.05, 3.63) is 23.8 Å². The number of hydrogen-bond donors (Lipinski definition) is 3. The van der Waals surface area contributed by atoms with E-state index >= 15 is 0 Å². The Morgan fingerprint density at radius 2 is 2.00 bits per heavy atom. The molecule has 1 aromatic carbocycles. The van der Waals surface area contributed by atoms with Gasteiger partial charge in [0.25, 0.3) is 0 Å². The van der Waals surface area contributed by atoms with Crippen LogP contribution in [0, 0.1) is 0 Å². The first-order valence-corrected chi connectivity index (χ1v) is 5.63. The molecule has 1 aliphatic rings. The maximum Gasteiger partial charge on any atom is 0.305 e. The van der Waals surface area contributed by atoms with E-state index in [2.05, 4.69) is 0 Å². The Balaban J connectivity index is 2.15. The summed E-state index contributed by atoms with van der Waals surface area (Å²) >= 11 is 0. The molecule has 0 spiro atoms. The minimum absolute atomic E-state index is 0.296. The summed E-state index contributed by atoms with van der Waals surface area (Å²) in [7, 11) is 0. The van der Waals surface area contributed by atoms with Crippen molar-refractivity contribution in [3.8, 4) is 11.5 Å². The van der Waals surface area contributed by atoms with Crippen molar-refractivity contribution in [2.24, 2.45) is 5.73 Å². The highest BCUT2D eigenvalue weighted by atomic mass is 16.6. The topological polar surface area (TPSA) is 102 Å². The first-order chi connectivity index (χ1) is 8.58. The Morgan fingerprint density at radius 3 is 2.67 bits per heavy atom. The Hall–Kier alpha value is -1.79. The van der Waals surface area contributed by atoms with Crippen LogP contribution < -0.4 is 15.2 Å². The lowest BCUT2D eigenvalue weighted by atomic mass is 10.00. The summed E-state index contributed by atoms with van der Waals surface area (Å²) in [5.41, 5.74) is 6.14. The summed E-state index contributed by atoms with van der Waals surface area (Å²) in [6.07, 6.45) is -1.34. The number of benzene rings is 1. The maximum atomic E-state index is 10.5. The number of aliphatic hydroxyl groups excluding tert-OH is 1. The maximum absolute atomic E-state index is 10.5. The summed E-state index contributed by atoms with van der Waals surface area (Å²) in [4.78, 5) is 10.5. The van der Waals surface area contributed by atoms with Crippen LogP contribution >= 0.6 is 0 Å². The average Bonchev–Trinajstić information content (AvgIpc) is 2.36. The molecule has 98 valence electrons. The van der Waals surface area contributed by atoms with E-state index in [1.54, 1.807) is 18.2 Å². The fourth-order valence-electron chi connectivity index (χ4n) is 1.80. The number of carboxylic acid groups (broad SMARTS) is 1. The van der Waals surface area contributed by atoms with Gasteiger partial charge in [-0.2, -0.15) is 0 Å². The molecule has 0 amide bonds. The Bertz CT molecular complexity index is 448. The summed E-state index contributed by atoms with van der Waals surface area (Å²) in [5, 5.41) is 18.6. The molecular weight excluding hydrogens is 238 g/mol. The van der Waals surface area contributed by atoms with Crippen molar-refractivity contribution < 1.29 is 24.5 Å². The molecule has 4 N–H and O–H groups in total. The number of carboxylic acids is 1. The van der Waals surface area contributed by atoms with Gasteiger partial charge < -0.3 is 25.4 Å². The van der Waals surface area contributed by atoms with Gasteiger partial charge in [0.2, 0.25) is 0 Å². The number of rotatable bonds is 4. The van der Waals surface area contributed by atoms with E-state index in [0.717, 1.165) is 0 Å². The van der Waals surface area contributed by atoms with Gasteiger partial charge in [0.15, 0.2) is 11.5 Å². The van der Waals surface area contributed by atoms with Gasteiger partial charge in [-0.1, -0.05) is 6.07 Å². The quantitative estimate of drug-likeness (QED) is 0.713. The third-order valence-electron chi connectivity index (χ3n) is 2.72. The molecule has 1 aromatic rings.